The van der Waals surface area contributed by atoms with Crippen LogP contribution in [0.1, 0.15) is 39.0 Å². The third-order valence-electron chi connectivity index (χ3n) is 5.16. The van der Waals surface area contributed by atoms with Crippen LogP contribution in [0.4, 0.5) is 0 Å². The number of methoxy groups -OCH3 is 1. The van der Waals surface area contributed by atoms with Gasteiger partial charge in [0.2, 0.25) is 0 Å². The molecule has 0 amide bonds. The zero-order valence-electron chi connectivity index (χ0n) is 9.05. The third kappa shape index (κ3) is 1.06. The molecule has 4 rings (SSSR count). The Hall–Kier alpha value is 0.250. The second-order valence-corrected chi connectivity index (χ2v) is 6.70. The molecule has 2 heteroatoms. The molecule has 14 heavy (non-hydrogen) atoms. The summed E-state index contributed by atoms with van der Waals surface area (Å²) in [4.78, 5) is 0.0684. The van der Waals surface area contributed by atoms with Crippen molar-refractivity contribution < 1.29 is 4.74 Å². The highest BCUT2D eigenvalue weighted by atomic mass is 35.5. The van der Waals surface area contributed by atoms with Crippen LogP contribution in [0, 0.1) is 17.8 Å². The molecule has 4 fully saturated rings. The van der Waals surface area contributed by atoms with E-state index in [1.54, 1.807) is 0 Å². The van der Waals surface area contributed by atoms with Crippen LogP contribution in [0.25, 0.3) is 0 Å². The minimum atomic E-state index is 0.0684. The Bertz CT molecular complexity index is 243. The Morgan fingerprint density at radius 3 is 2.21 bits per heavy atom. The van der Waals surface area contributed by atoms with Gasteiger partial charge in [-0.15, -0.1) is 11.6 Å². The molecule has 4 bridgehead atoms. The van der Waals surface area contributed by atoms with E-state index in [0.717, 1.165) is 5.92 Å². The molecule has 5 atom stereocenters. The largest absolute Gasteiger partial charge is 0.378 e. The molecule has 0 N–H and O–H groups in total. The van der Waals surface area contributed by atoms with Gasteiger partial charge in [0.05, 0.1) is 5.60 Å². The minimum Gasteiger partial charge on any atom is -0.378 e. The zero-order valence-corrected chi connectivity index (χ0v) is 9.81. The molecule has 0 saturated heterocycles. The molecule has 4 aliphatic carbocycles. The van der Waals surface area contributed by atoms with Gasteiger partial charge in [-0.3, -0.25) is 0 Å². The summed E-state index contributed by atoms with van der Waals surface area (Å²) in [7, 11) is 1.89. The lowest BCUT2D eigenvalue weighted by Crippen LogP contribution is -2.60. The number of hydrogen-bond acceptors (Lipinski definition) is 1. The molecule has 1 nitrogen and oxygen atoms in total. The topological polar surface area (TPSA) is 9.23 Å². The van der Waals surface area contributed by atoms with Gasteiger partial charge in [-0.25, -0.2) is 0 Å². The van der Waals surface area contributed by atoms with Crippen molar-refractivity contribution in [3.05, 3.63) is 0 Å². The van der Waals surface area contributed by atoms with Crippen LogP contribution in [-0.4, -0.2) is 17.6 Å². The Balaban J connectivity index is 1.96. The second kappa shape index (κ2) is 2.68. The Labute approximate surface area is 91.2 Å². The van der Waals surface area contributed by atoms with Crippen molar-refractivity contribution in [2.45, 2.75) is 49.5 Å². The maximum Gasteiger partial charge on any atom is 0.0688 e. The molecule has 0 aromatic carbocycles. The van der Waals surface area contributed by atoms with Crippen LogP contribution in [0.2, 0.25) is 0 Å². The first kappa shape index (κ1) is 9.47. The summed E-state index contributed by atoms with van der Waals surface area (Å²) in [6.07, 6.45) is 6.40. The van der Waals surface area contributed by atoms with Crippen LogP contribution in [0.3, 0.4) is 0 Å². The van der Waals surface area contributed by atoms with Crippen molar-refractivity contribution in [1.82, 2.24) is 0 Å². The normalized spacial score (nSPS) is 60.6. The minimum absolute atomic E-state index is 0.0684. The van der Waals surface area contributed by atoms with E-state index in [4.69, 9.17) is 16.3 Å². The average Bonchev–Trinajstić information content (AvgIpc) is 2.14. The standard InChI is InChI=1S/C12H19ClO/c1-11(13)9-3-8-4-10(11)7-12(5-8,6-9)14-2/h8-10H,3-7H2,1-2H3/t8?,9-,10+,11?,12?. The summed E-state index contributed by atoms with van der Waals surface area (Å²) < 4.78 is 5.79. The highest BCUT2D eigenvalue weighted by Gasteiger charge is 2.60. The fourth-order valence-electron chi connectivity index (χ4n) is 4.35. The van der Waals surface area contributed by atoms with Crippen molar-refractivity contribution in [3.8, 4) is 0 Å². The van der Waals surface area contributed by atoms with E-state index in [-0.39, 0.29) is 10.5 Å². The monoisotopic (exact) mass is 214 g/mol. The highest BCUT2D eigenvalue weighted by Crippen LogP contribution is 2.62. The Kier molecular flexibility index (Phi) is 1.81. The molecule has 0 aliphatic heterocycles. The predicted octanol–water partition coefficient (Wildman–Crippen LogP) is 3.21. The van der Waals surface area contributed by atoms with Crippen molar-refractivity contribution >= 4 is 11.6 Å². The SMILES string of the molecule is COC12CC3C[C@H](C1)C(C)(Cl)[C@@H](C3)C2. The summed E-state index contributed by atoms with van der Waals surface area (Å²) >= 11 is 6.69. The lowest BCUT2D eigenvalue weighted by atomic mass is 9.50. The van der Waals surface area contributed by atoms with Gasteiger partial charge in [0.1, 0.15) is 0 Å². The van der Waals surface area contributed by atoms with Crippen LogP contribution in [0.5, 0.6) is 0 Å². The van der Waals surface area contributed by atoms with Gasteiger partial charge in [0.25, 0.3) is 0 Å². The number of ether oxygens (including phenoxy) is 1. The van der Waals surface area contributed by atoms with Gasteiger partial charge in [0.15, 0.2) is 0 Å². The molecular weight excluding hydrogens is 196 g/mol. The fourth-order valence-corrected chi connectivity index (χ4v) is 4.68. The molecule has 0 aromatic rings. The van der Waals surface area contributed by atoms with E-state index < -0.39 is 0 Å². The molecule has 4 aliphatic rings. The molecule has 0 heterocycles. The van der Waals surface area contributed by atoms with Gasteiger partial charge in [-0.2, -0.15) is 0 Å². The molecule has 3 unspecified atom stereocenters. The summed E-state index contributed by atoms with van der Waals surface area (Å²) in [5.41, 5.74) is 0.213. The quantitative estimate of drug-likeness (QED) is 0.610. The van der Waals surface area contributed by atoms with Crippen LogP contribution >= 0.6 is 11.6 Å². The number of halogens is 1. The van der Waals surface area contributed by atoms with E-state index in [1.165, 1.54) is 32.1 Å². The van der Waals surface area contributed by atoms with Crippen molar-refractivity contribution in [1.29, 1.82) is 0 Å². The van der Waals surface area contributed by atoms with Crippen molar-refractivity contribution in [3.63, 3.8) is 0 Å². The fraction of sp³-hybridized carbons (Fsp3) is 1.00. The summed E-state index contributed by atoms with van der Waals surface area (Å²) in [6, 6.07) is 0. The van der Waals surface area contributed by atoms with Crippen LogP contribution < -0.4 is 0 Å². The number of rotatable bonds is 1. The molecule has 0 radical (unpaired) electrons. The molecule has 80 valence electrons. The van der Waals surface area contributed by atoms with E-state index >= 15 is 0 Å². The van der Waals surface area contributed by atoms with Gasteiger partial charge in [0, 0.05) is 12.0 Å². The maximum absolute atomic E-state index is 6.69. The molecule has 0 spiro atoms. The Morgan fingerprint density at radius 1 is 1.14 bits per heavy atom. The third-order valence-corrected chi connectivity index (χ3v) is 5.78. The van der Waals surface area contributed by atoms with E-state index in [2.05, 4.69) is 6.92 Å². The van der Waals surface area contributed by atoms with Gasteiger partial charge >= 0.3 is 0 Å². The van der Waals surface area contributed by atoms with Crippen molar-refractivity contribution in [2.75, 3.05) is 7.11 Å². The highest BCUT2D eigenvalue weighted by molar-refractivity contribution is 6.24. The smallest absolute Gasteiger partial charge is 0.0688 e. The first-order valence-corrected chi connectivity index (χ1v) is 6.18. The molecule has 0 aromatic heterocycles. The van der Waals surface area contributed by atoms with E-state index in [0.29, 0.717) is 11.8 Å². The van der Waals surface area contributed by atoms with E-state index in [1.807, 2.05) is 7.11 Å². The maximum atomic E-state index is 6.69. The van der Waals surface area contributed by atoms with Crippen LogP contribution in [-0.2, 0) is 4.74 Å². The van der Waals surface area contributed by atoms with Gasteiger partial charge < -0.3 is 4.74 Å². The summed E-state index contributed by atoms with van der Waals surface area (Å²) in [6.45, 7) is 2.25. The van der Waals surface area contributed by atoms with Crippen molar-refractivity contribution in [2.24, 2.45) is 17.8 Å². The second-order valence-electron chi connectivity index (χ2n) is 5.88. The van der Waals surface area contributed by atoms with E-state index in [9.17, 15) is 0 Å². The predicted molar refractivity (Wildman–Crippen MR) is 57.6 cm³/mol. The average molecular weight is 215 g/mol. The lowest BCUT2D eigenvalue weighted by Gasteiger charge is -2.61. The van der Waals surface area contributed by atoms with Crippen LogP contribution in [0.15, 0.2) is 0 Å². The lowest BCUT2D eigenvalue weighted by molar-refractivity contribution is -0.158. The first-order valence-electron chi connectivity index (χ1n) is 5.80. The molecule has 4 saturated carbocycles. The number of hydrogen-bond donors (Lipinski definition) is 0. The van der Waals surface area contributed by atoms with Gasteiger partial charge in [-0.1, -0.05) is 0 Å². The first-order chi connectivity index (χ1) is 6.56. The Morgan fingerprint density at radius 2 is 1.71 bits per heavy atom. The number of alkyl halides is 1. The summed E-state index contributed by atoms with van der Waals surface area (Å²) in [5, 5.41) is 0. The summed E-state index contributed by atoms with van der Waals surface area (Å²) in [5.74, 6) is 2.31. The zero-order chi connectivity index (χ0) is 9.97. The van der Waals surface area contributed by atoms with Gasteiger partial charge in [-0.05, 0) is 56.8 Å². The molecular formula is C12H19ClO.